The third-order valence-electron chi connectivity index (χ3n) is 2.53. The Morgan fingerprint density at radius 2 is 2.20 bits per heavy atom. The van der Waals surface area contributed by atoms with E-state index < -0.39 is 0 Å². The smallest absolute Gasteiger partial charge is 0.221 e. The highest BCUT2D eigenvalue weighted by atomic mass is 79.9. The summed E-state index contributed by atoms with van der Waals surface area (Å²) >= 11 is 3.33. The molecule has 0 unspecified atom stereocenters. The van der Waals surface area contributed by atoms with Crippen molar-refractivity contribution in [1.82, 2.24) is 4.98 Å². The number of nitrogens with zero attached hydrogens (tertiary/aromatic N) is 2. The maximum atomic E-state index is 10.7. The zero-order valence-corrected chi connectivity index (χ0v) is 12.1. The third-order valence-corrected chi connectivity index (χ3v) is 3.15. The molecule has 100 valence electrons. The molecule has 1 aromatic carbocycles. The molecule has 0 saturated carbocycles. The van der Waals surface area contributed by atoms with Crippen molar-refractivity contribution in [3.63, 3.8) is 0 Å². The maximum absolute atomic E-state index is 10.7. The zero-order valence-electron chi connectivity index (χ0n) is 10.6. The molecule has 2 aromatic rings. The Labute approximate surface area is 124 Å². The van der Waals surface area contributed by atoms with E-state index in [1.807, 2.05) is 6.07 Å². The Hall–Kier alpha value is -2.39. The Bertz CT molecular complexity index is 695. The van der Waals surface area contributed by atoms with Gasteiger partial charge in [-0.3, -0.25) is 4.79 Å². The van der Waals surface area contributed by atoms with Crippen LogP contribution in [-0.2, 0) is 0 Å². The number of anilines is 1. The highest BCUT2D eigenvalue weighted by Crippen LogP contribution is 2.30. The van der Waals surface area contributed by atoms with Crippen LogP contribution < -0.4 is 10.1 Å². The van der Waals surface area contributed by atoms with Gasteiger partial charge < -0.3 is 10.1 Å². The maximum Gasteiger partial charge on any atom is 0.221 e. The number of halogens is 1. The van der Waals surface area contributed by atoms with Crippen molar-refractivity contribution in [3.05, 3.63) is 45.9 Å². The highest BCUT2D eigenvalue weighted by molar-refractivity contribution is 9.10. The Balaban J connectivity index is 2.31. The molecule has 5 nitrogen and oxygen atoms in total. The lowest BCUT2D eigenvalue weighted by Gasteiger charge is -2.09. The number of ether oxygens (including phenoxy) is 1. The van der Waals surface area contributed by atoms with Crippen LogP contribution in [0.15, 0.2) is 34.8 Å². The van der Waals surface area contributed by atoms with Crippen LogP contribution in [0.1, 0.15) is 15.9 Å². The zero-order chi connectivity index (χ0) is 14.5. The van der Waals surface area contributed by atoms with Crippen LogP contribution in [-0.4, -0.2) is 18.3 Å². The molecule has 0 radical (unpaired) electrons. The molecule has 0 saturated heterocycles. The van der Waals surface area contributed by atoms with Gasteiger partial charge in [0.1, 0.15) is 23.9 Å². The number of aldehydes is 1. The van der Waals surface area contributed by atoms with E-state index in [1.54, 1.807) is 37.4 Å². The lowest BCUT2D eigenvalue weighted by Crippen LogP contribution is -1.98. The fraction of sp³-hybridized carbons (Fsp3) is 0.0714. The van der Waals surface area contributed by atoms with Gasteiger partial charge in [-0.25, -0.2) is 0 Å². The van der Waals surface area contributed by atoms with Crippen molar-refractivity contribution in [3.8, 4) is 17.7 Å². The number of benzene rings is 1. The molecule has 1 N–H and O–H groups in total. The largest absolute Gasteiger partial charge is 0.438 e. The van der Waals surface area contributed by atoms with Crippen molar-refractivity contribution < 1.29 is 9.53 Å². The van der Waals surface area contributed by atoms with E-state index in [0.29, 0.717) is 33.0 Å². The normalized spacial score (nSPS) is 9.65. The van der Waals surface area contributed by atoms with Gasteiger partial charge in [-0.2, -0.15) is 10.2 Å². The lowest BCUT2D eigenvalue weighted by molar-refractivity contribution is 0.112. The van der Waals surface area contributed by atoms with Crippen LogP contribution in [0.25, 0.3) is 0 Å². The van der Waals surface area contributed by atoms with E-state index in [1.165, 1.54) is 0 Å². The van der Waals surface area contributed by atoms with E-state index in [9.17, 15) is 4.79 Å². The van der Waals surface area contributed by atoms with Gasteiger partial charge in [-0.05, 0) is 40.2 Å². The molecule has 0 atom stereocenters. The number of nitrogens with one attached hydrogen (secondary N) is 1. The lowest BCUT2D eigenvalue weighted by atomic mass is 10.2. The molecule has 0 bridgehead atoms. The topological polar surface area (TPSA) is 75.0 Å². The van der Waals surface area contributed by atoms with Crippen LogP contribution in [0.2, 0.25) is 0 Å². The number of hydrogen-bond acceptors (Lipinski definition) is 5. The Morgan fingerprint density at radius 3 is 2.80 bits per heavy atom. The average molecular weight is 332 g/mol. The predicted octanol–water partition coefficient (Wildman–Crippen LogP) is 3.36. The standard InChI is InChI=1S/C14H10BrN3O2/c1-17-14-10(7-16)3-5-13(18-14)20-12-4-2-9(8-19)6-11(12)15/h2-6,8H,1H3,(H,17,18). The van der Waals surface area contributed by atoms with Crippen molar-refractivity contribution in [2.45, 2.75) is 0 Å². The van der Waals surface area contributed by atoms with Crippen LogP contribution in [0, 0.1) is 11.3 Å². The summed E-state index contributed by atoms with van der Waals surface area (Å²) in [7, 11) is 1.68. The first-order valence-corrected chi connectivity index (χ1v) is 6.48. The first-order chi connectivity index (χ1) is 9.67. The molecule has 2 rings (SSSR count). The predicted molar refractivity (Wildman–Crippen MR) is 78.1 cm³/mol. The molecule has 0 spiro atoms. The molecule has 6 heteroatoms. The molecule has 0 amide bonds. The number of pyridine rings is 1. The second kappa shape index (κ2) is 6.17. The first-order valence-electron chi connectivity index (χ1n) is 5.69. The monoisotopic (exact) mass is 331 g/mol. The average Bonchev–Trinajstić information content (AvgIpc) is 2.49. The van der Waals surface area contributed by atoms with Gasteiger partial charge in [0, 0.05) is 18.7 Å². The highest BCUT2D eigenvalue weighted by Gasteiger charge is 2.08. The van der Waals surface area contributed by atoms with E-state index >= 15 is 0 Å². The molecule has 0 aliphatic heterocycles. The van der Waals surface area contributed by atoms with Crippen molar-refractivity contribution in [2.24, 2.45) is 0 Å². The minimum atomic E-state index is 0.355. The van der Waals surface area contributed by atoms with E-state index in [2.05, 4.69) is 26.2 Å². The van der Waals surface area contributed by atoms with Gasteiger partial charge in [0.2, 0.25) is 5.88 Å². The van der Waals surface area contributed by atoms with Gasteiger partial charge in [-0.15, -0.1) is 0 Å². The summed E-state index contributed by atoms with van der Waals surface area (Å²) in [5, 5.41) is 11.8. The summed E-state index contributed by atoms with van der Waals surface area (Å²) in [5.74, 6) is 1.34. The summed E-state index contributed by atoms with van der Waals surface area (Å²) in [6.07, 6.45) is 0.758. The number of carbonyl (C=O) groups excluding carboxylic acids is 1. The van der Waals surface area contributed by atoms with E-state index in [4.69, 9.17) is 10.00 Å². The van der Waals surface area contributed by atoms with Crippen molar-refractivity contribution in [1.29, 1.82) is 5.26 Å². The summed E-state index contributed by atoms with van der Waals surface area (Å²) in [6, 6.07) is 10.3. The van der Waals surface area contributed by atoms with Gasteiger partial charge in [-0.1, -0.05) is 0 Å². The molecule has 1 aromatic heterocycles. The summed E-state index contributed by atoms with van der Waals surface area (Å²) in [6.45, 7) is 0. The fourth-order valence-electron chi connectivity index (χ4n) is 1.56. The SMILES string of the molecule is CNc1nc(Oc2ccc(C=O)cc2Br)ccc1C#N. The molecule has 20 heavy (non-hydrogen) atoms. The summed E-state index contributed by atoms with van der Waals surface area (Å²) < 4.78 is 6.28. The van der Waals surface area contributed by atoms with Crippen LogP contribution >= 0.6 is 15.9 Å². The molecular formula is C14H10BrN3O2. The molecule has 1 heterocycles. The quantitative estimate of drug-likeness (QED) is 0.869. The number of hydrogen-bond donors (Lipinski definition) is 1. The molecule has 0 aliphatic rings. The number of rotatable bonds is 4. The second-order valence-electron chi connectivity index (χ2n) is 3.82. The van der Waals surface area contributed by atoms with E-state index in [0.717, 1.165) is 6.29 Å². The first kappa shape index (κ1) is 14.0. The summed E-state index contributed by atoms with van der Waals surface area (Å²) in [4.78, 5) is 14.9. The summed E-state index contributed by atoms with van der Waals surface area (Å²) in [5.41, 5.74) is 0.989. The van der Waals surface area contributed by atoms with Crippen LogP contribution in [0.5, 0.6) is 11.6 Å². The van der Waals surface area contributed by atoms with Crippen LogP contribution in [0.4, 0.5) is 5.82 Å². The minimum absolute atomic E-state index is 0.355. The van der Waals surface area contributed by atoms with E-state index in [-0.39, 0.29) is 0 Å². The van der Waals surface area contributed by atoms with Gasteiger partial charge in [0.25, 0.3) is 0 Å². The van der Waals surface area contributed by atoms with Crippen molar-refractivity contribution in [2.75, 3.05) is 12.4 Å². The second-order valence-corrected chi connectivity index (χ2v) is 4.67. The minimum Gasteiger partial charge on any atom is -0.438 e. The fourth-order valence-corrected chi connectivity index (χ4v) is 2.04. The number of carbonyl (C=O) groups is 1. The molecule has 0 fully saturated rings. The number of aromatic nitrogens is 1. The number of nitriles is 1. The third kappa shape index (κ3) is 2.95. The van der Waals surface area contributed by atoms with Gasteiger partial charge in [0.05, 0.1) is 10.0 Å². The Morgan fingerprint density at radius 1 is 1.40 bits per heavy atom. The molecule has 0 aliphatic carbocycles. The van der Waals surface area contributed by atoms with Crippen molar-refractivity contribution >= 4 is 28.0 Å². The van der Waals surface area contributed by atoms with Crippen LogP contribution in [0.3, 0.4) is 0 Å². The Kier molecular flexibility index (Phi) is 4.33. The van der Waals surface area contributed by atoms with Gasteiger partial charge in [0.15, 0.2) is 0 Å². The molecular weight excluding hydrogens is 322 g/mol. The van der Waals surface area contributed by atoms with Gasteiger partial charge >= 0.3 is 0 Å².